The summed E-state index contributed by atoms with van der Waals surface area (Å²) in [5.41, 5.74) is 1.88. The quantitative estimate of drug-likeness (QED) is 0.800. The Balaban J connectivity index is 1.55. The molecule has 27 heavy (non-hydrogen) atoms. The maximum absolute atomic E-state index is 12.5. The van der Waals surface area contributed by atoms with Crippen LogP contribution in [0.4, 0.5) is 16.2 Å². The van der Waals surface area contributed by atoms with Crippen LogP contribution in [0.3, 0.4) is 0 Å². The Bertz CT molecular complexity index is 658. The van der Waals surface area contributed by atoms with Crippen molar-refractivity contribution in [1.82, 2.24) is 15.1 Å². The van der Waals surface area contributed by atoms with Crippen molar-refractivity contribution in [3.63, 3.8) is 0 Å². The van der Waals surface area contributed by atoms with Gasteiger partial charge in [0.15, 0.2) is 0 Å². The number of carbonyl (C=O) groups is 2. The zero-order chi connectivity index (χ0) is 19.2. The standard InChI is InChI=1S/C20H31N5O2/c1-3-23-11-13-24(14-12-23)18-8-5-4-7-17(18)22-20(27)21-16(2)15-25-10-6-9-19(25)26/h4-5,7-8,16H,3,6,9-15H2,1-2H3,(H2,21,22,27)/t16-/m0/s1. The minimum Gasteiger partial charge on any atom is -0.367 e. The predicted molar refractivity (Wildman–Crippen MR) is 108 cm³/mol. The van der Waals surface area contributed by atoms with Crippen LogP contribution in [0.5, 0.6) is 0 Å². The summed E-state index contributed by atoms with van der Waals surface area (Å²) in [5.74, 6) is 0.181. The number of benzene rings is 1. The monoisotopic (exact) mass is 373 g/mol. The third-order valence-electron chi connectivity index (χ3n) is 5.36. The lowest BCUT2D eigenvalue weighted by Crippen LogP contribution is -2.47. The van der Waals surface area contributed by atoms with Crippen LogP contribution in [0, 0.1) is 0 Å². The van der Waals surface area contributed by atoms with Crippen molar-refractivity contribution >= 4 is 23.3 Å². The second-order valence-corrected chi connectivity index (χ2v) is 7.38. The predicted octanol–water partition coefficient (Wildman–Crippen LogP) is 1.96. The molecule has 1 aromatic carbocycles. The van der Waals surface area contributed by atoms with Crippen LogP contribution in [0.1, 0.15) is 26.7 Å². The first-order valence-electron chi connectivity index (χ1n) is 9.98. The van der Waals surface area contributed by atoms with Gasteiger partial charge in [-0.2, -0.15) is 0 Å². The average Bonchev–Trinajstić information content (AvgIpc) is 3.06. The van der Waals surface area contributed by atoms with E-state index in [1.165, 1.54) is 0 Å². The maximum Gasteiger partial charge on any atom is 0.319 e. The lowest BCUT2D eigenvalue weighted by atomic mass is 10.2. The van der Waals surface area contributed by atoms with Gasteiger partial charge in [0, 0.05) is 51.7 Å². The van der Waals surface area contributed by atoms with Crippen LogP contribution in [-0.2, 0) is 4.79 Å². The summed E-state index contributed by atoms with van der Waals surface area (Å²) < 4.78 is 0. The van der Waals surface area contributed by atoms with Crippen LogP contribution in [-0.4, -0.2) is 73.6 Å². The summed E-state index contributed by atoms with van der Waals surface area (Å²) >= 11 is 0. The van der Waals surface area contributed by atoms with E-state index >= 15 is 0 Å². The summed E-state index contributed by atoms with van der Waals surface area (Å²) in [7, 11) is 0. The lowest BCUT2D eigenvalue weighted by molar-refractivity contribution is -0.127. The fourth-order valence-corrected chi connectivity index (χ4v) is 3.82. The number of piperazine rings is 1. The highest BCUT2D eigenvalue weighted by Crippen LogP contribution is 2.26. The topological polar surface area (TPSA) is 67.9 Å². The molecule has 2 saturated heterocycles. The minimum atomic E-state index is -0.228. The fourth-order valence-electron chi connectivity index (χ4n) is 3.82. The van der Waals surface area contributed by atoms with Crippen molar-refractivity contribution in [2.75, 3.05) is 56.0 Å². The maximum atomic E-state index is 12.5. The molecule has 148 valence electrons. The van der Waals surface area contributed by atoms with Gasteiger partial charge in [0.25, 0.3) is 0 Å². The van der Waals surface area contributed by atoms with Crippen molar-refractivity contribution in [2.45, 2.75) is 32.7 Å². The Hall–Kier alpha value is -2.28. The van der Waals surface area contributed by atoms with E-state index in [2.05, 4.69) is 33.4 Å². The summed E-state index contributed by atoms with van der Waals surface area (Å²) in [4.78, 5) is 30.8. The highest BCUT2D eigenvalue weighted by molar-refractivity contribution is 5.93. The highest BCUT2D eigenvalue weighted by atomic mass is 16.2. The zero-order valence-corrected chi connectivity index (χ0v) is 16.4. The number of hydrogen-bond acceptors (Lipinski definition) is 4. The molecular formula is C20H31N5O2. The van der Waals surface area contributed by atoms with Gasteiger partial charge in [-0.1, -0.05) is 19.1 Å². The second-order valence-electron chi connectivity index (χ2n) is 7.38. The largest absolute Gasteiger partial charge is 0.367 e. The Morgan fingerprint density at radius 3 is 2.56 bits per heavy atom. The number of likely N-dealkylation sites (N-methyl/N-ethyl adjacent to an activating group) is 1. The molecule has 3 amide bonds. The third-order valence-corrected chi connectivity index (χ3v) is 5.36. The van der Waals surface area contributed by atoms with Crippen molar-refractivity contribution in [3.05, 3.63) is 24.3 Å². The molecule has 1 atom stereocenters. The molecule has 0 radical (unpaired) electrons. The molecule has 2 aliphatic rings. The van der Waals surface area contributed by atoms with E-state index in [4.69, 9.17) is 0 Å². The van der Waals surface area contributed by atoms with Gasteiger partial charge in [-0.15, -0.1) is 0 Å². The second kappa shape index (κ2) is 9.08. The van der Waals surface area contributed by atoms with Crippen LogP contribution in [0.2, 0.25) is 0 Å². The third kappa shape index (κ3) is 5.13. The first-order valence-corrected chi connectivity index (χ1v) is 9.98. The van der Waals surface area contributed by atoms with E-state index in [-0.39, 0.29) is 18.0 Å². The molecule has 3 rings (SSSR count). The van der Waals surface area contributed by atoms with E-state index in [0.717, 1.165) is 57.1 Å². The van der Waals surface area contributed by atoms with E-state index in [1.807, 2.05) is 30.0 Å². The van der Waals surface area contributed by atoms with Gasteiger partial charge in [-0.25, -0.2) is 4.79 Å². The number of hydrogen-bond donors (Lipinski definition) is 2. The molecule has 0 saturated carbocycles. The molecule has 2 fully saturated rings. The number of anilines is 2. The first kappa shape index (κ1) is 19.5. The molecule has 0 spiro atoms. The molecule has 7 heteroatoms. The smallest absolute Gasteiger partial charge is 0.319 e. The molecule has 2 aliphatic heterocycles. The van der Waals surface area contributed by atoms with Gasteiger partial charge in [0.05, 0.1) is 11.4 Å². The molecule has 0 aromatic heterocycles. The molecule has 0 unspecified atom stereocenters. The van der Waals surface area contributed by atoms with Gasteiger partial charge in [0.1, 0.15) is 0 Å². The fraction of sp³-hybridized carbons (Fsp3) is 0.600. The normalized spacial score (nSPS) is 19.3. The summed E-state index contributed by atoms with van der Waals surface area (Å²) in [6.07, 6.45) is 1.54. The minimum absolute atomic E-state index is 0.0905. The number of rotatable bonds is 6. The Morgan fingerprint density at radius 2 is 1.89 bits per heavy atom. The number of likely N-dealkylation sites (tertiary alicyclic amines) is 1. The van der Waals surface area contributed by atoms with Crippen LogP contribution >= 0.6 is 0 Å². The van der Waals surface area contributed by atoms with Crippen LogP contribution in [0.25, 0.3) is 0 Å². The summed E-state index contributed by atoms with van der Waals surface area (Å²) in [5, 5.41) is 5.94. The molecular weight excluding hydrogens is 342 g/mol. The zero-order valence-electron chi connectivity index (χ0n) is 16.4. The number of urea groups is 1. The van der Waals surface area contributed by atoms with Gasteiger partial charge in [-0.05, 0) is 32.0 Å². The SMILES string of the molecule is CCN1CCN(c2ccccc2NC(=O)N[C@@H](C)CN2CCCC2=O)CC1. The van der Waals surface area contributed by atoms with E-state index in [9.17, 15) is 9.59 Å². The van der Waals surface area contributed by atoms with Crippen LogP contribution < -0.4 is 15.5 Å². The van der Waals surface area contributed by atoms with Crippen LogP contribution in [0.15, 0.2) is 24.3 Å². The summed E-state index contributed by atoms with van der Waals surface area (Å²) in [6, 6.07) is 7.63. The number of nitrogens with one attached hydrogen (secondary N) is 2. The molecule has 7 nitrogen and oxygen atoms in total. The van der Waals surface area contributed by atoms with Gasteiger partial charge in [0.2, 0.25) is 5.91 Å². The van der Waals surface area contributed by atoms with Crippen molar-refractivity contribution < 1.29 is 9.59 Å². The molecule has 0 bridgehead atoms. The van der Waals surface area contributed by atoms with Gasteiger partial charge < -0.3 is 25.3 Å². The number of nitrogens with zero attached hydrogens (tertiary/aromatic N) is 3. The first-order chi connectivity index (χ1) is 13.1. The highest BCUT2D eigenvalue weighted by Gasteiger charge is 2.23. The van der Waals surface area contributed by atoms with E-state index < -0.39 is 0 Å². The molecule has 2 N–H and O–H groups in total. The molecule has 0 aliphatic carbocycles. The Labute approximate surface area is 161 Å². The number of amides is 3. The van der Waals surface area contributed by atoms with Crippen molar-refractivity contribution in [1.29, 1.82) is 0 Å². The Kier molecular flexibility index (Phi) is 6.55. The number of carbonyl (C=O) groups excluding carboxylic acids is 2. The van der Waals surface area contributed by atoms with Gasteiger partial charge >= 0.3 is 6.03 Å². The van der Waals surface area contributed by atoms with Gasteiger partial charge in [-0.3, -0.25) is 4.79 Å². The van der Waals surface area contributed by atoms with E-state index in [0.29, 0.717) is 13.0 Å². The molecule has 1 aromatic rings. The summed E-state index contributed by atoms with van der Waals surface area (Å²) in [6.45, 7) is 10.5. The average molecular weight is 374 g/mol. The number of para-hydroxylation sites is 2. The van der Waals surface area contributed by atoms with E-state index in [1.54, 1.807) is 0 Å². The Morgan fingerprint density at radius 1 is 1.15 bits per heavy atom. The lowest BCUT2D eigenvalue weighted by Gasteiger charge is -2.36. The van der Waals surface area contributed by atoms with Crippen molar-refractivity contribution in [3.8, 4) is 0 Å². The molecule has 2 heterocycles. The van der Waals surface area contributed by atoms with Crippen molar-refractivity contribution in [2.24, 2.45) is 0 Å².